The summed E-state index contributed by atoms with van der Waals surface area (Å²) >= 11 is 6.14. The third kappa shape index (κ3) is 5.56. The zero-order chi connectivity index (χ0) is 19.9. The summed E-state index contributed by atoms with van der Waals surface area (Å²) in [6.45, 7) is 9.50. The molecular formula is C22H30Cl2N4O. The van der Waals surface area contributed by atoms with Gasteiger partial charge in [-0.25, -0.2) is 0 Å². The fourth-order valence-electron chi connectivity index (χ4n) is 3.50. The van der Waals surface area contributed by atoms with E-state index >= 15 is 0 Å². The van der Waals surface area contributed by atoms with Crippen LogP contribution in [-0.2, 0) is 13.1 Å². The SMILES string of the molecule is CCN(CC)CCn1c(=N)n(CCCOc2ccccc2Cl)c2ccccc21.Cl. The van der Waals surface area contributed by atoms with Crippen LogP contribution < -0.4 is 10.4 Å². The van der Waals surface area contributed by atoms with Crippen LogP contribution in [0, 0.1) is 5.41 Å². The molecular weight excluding hydrogens is 407 g/mol. The second-order valence-electron chi connectivity index (χ2n) is 6.77. The van der Waals surface area contributed by atoms with E-state index in [2.05, 4.69) is 40.0 Å². The standard InChI is InChI=1S/C22H29ClN4O.ClH/c1-3-25(4-2)15-16-27-20-12-7-6-11-19(20)26(22(27)24)14-9-17-28-21-13-8-5-10-18(21)23;/h5-8,10-13,24H,3-4,9,14-17H2,1-2H3;1H. The number of benzene rings is 2. The minimum Gasteiger partial charge on any atom is -0.492 e. The number of nitrogens with zero attached hydrogens (tertiary/aromatic N) is 3. The first kappa shape index (κ1) is 23.3. The van der Waals surface area contributed by atoms with Gasteiger partial charge in [0.25, 0.3) is 0 Å². The van der Waals surface area contributed by atoms with Gasteiger partial charge in [-0.15, -0.1) is 12.4 Å². The molecule has 2 aromatic carbocycles. The molecule has 0 aliphatic heterocycles. The zero-order valence-electron chi connectivity index (χ0n) is 17.1. The minimum absolute atomic E-state index is 0. The molecule has 3 aromatic rings. The van der Waals surface area contributed by atoms with Gasteiger partial charge in [0.1, 0.15) is 5.75 Å². The van der Waals surface area contributed by atoms with Crippen LogP contribution in [0.4, 0.5) is 0 Å². The second kappa shape index (κ2) is 11.3. The van der Waals surface area contributed by atoms with Crippen molar-refractivity contribution in [2.24, 2.45) is 0 Å². The van der Waals surface area contributed by atoms with Crippen molar-refractivity contribution in [3.63, 3.8) is 0 Å². The van der Waals surface area contributed by atoms with Crippen molar-refractivity contribution in [1.82, 2.24) is 14.0 Å². The average molecular weight is 437 g/mol. The highest BCUT2D eigenvalue weighted by Crippen LogP contribution is 2.23. The molecule has 0 fully saturated rings. The predicted octanol–water partition coefficient (Wildman–Crippen LogP) is 4.81. The number of ether oxygens (including phenoxy) is 1. The lowest BCUT2D eigenvalue weighted by Crippen LogP contribution is -2.32. The van der Waals surface area contributed by atoms with Crippen molar-refractivity contribution >= 4 is 35.0 Å². The first-order chi connectivity index (χ1) is 13.7. The van der Waals surface area contributed by atoms with Crippen LogP contribution in [0.5, 0.6) is 5.75 Å². The molecule has 0 saturated carbocycles. The Morgan fingerprint density at radius 1 is 0.931 bits per heavy atom. The number of halogens is 2. The average Bonchev–Trinajstić information content (AvgIpc) is 2.98. The fourth-order valence-corrected chi connectivity index (χ4v) is 3.69. The number of para-hydroxylation sites is 3. The summed E-state index contributed by atoms with van der Waals surface area (Å²) < 4.78 is 10.00. The van der Waals surface area contributed by atoms with Crippen molar-refractivity contribution in [3.05, 3.63) is 59.2 Å². The molecule has 158 valence electrons. The van der Waals surface area contributed by atoms with E-state index in [-0.39, 0.29) is 12.4 Å². The minimum atomic E-state index is 0. The predicted molar refractivity (Wildman–Crippen MR) is 122 cm³/mol. The van der Waals surface area contributed by atoms with Crippen molar-refractivity contribution in [2.75, 3.05) is 26.2 Å². The lowest BCUT2D eigenvalue weighted by molar-refractivity contribution is 0.287. The van der Waals surface area contributed by atoms with Crippen LogP contribution in [-0.4, -0.2) is 40.3 Å². The molecule has 0 saturated heterocycles. The van der Waals surface area contributed by atoms with Crippen molar-refractivity contribution in [1.29, 1.82) is 5.41 Å². The summed E-state index contributed by atoms with van der Waals surface area (Å²) in [5, 5.41) is 9.34. The van der Waals surface area contributed by atoms with E-state index in [0.29, 0.717) is 23.0 Å². The Hall–Kier alpha value is -1.95. The normalized spacial score (nSPS) is 11.0. The molecule has 29 heavy (non-hydrogen) atoms. The van der Waals surface area contributed by atoms with E-state index in [9.17, 15) is 0 Å². The maximum absolute atomic E-state index is 8.71. The Balaban J connectivity index is 0.00000300. The summed E-state index contributed by atoms with van der Waals surface area (Å²) in [6.07, 6.45) is 0.811. The van der Waals surface area contributed by atoms with Crippen molar-refractivity contribution < 1.29 is 4.74 Å². The molecule has 0 bridgehead atoms. The topological polar surface area (TPSA) is 46.2 Å². The molecule has 1 N–H and O–H groups in total. The number of nitrogens with one attached hydrogen (secondary N) is 1. The van der Waals surface area contributed by atoms with Gasteiger partial charge in [0.05, 0.1) is 22.7 Å². The molecule has 5 nitrogen and oxygen atoms in total. The number of likely N-dealkylation sites (N-methyl/N-ethyl adjacent to an activating group) is 1. The highest BCUT2D eigenvalue weighted by atomic mass is 35.5. The number of hydrogen-bond acceptors (Lipinski definition) is 3. The molecule has 0 atom stereocenters. The van der Waals surface area contributed by atoms with Crippen LogP contribution in [0.15, 0.2) is 48.5 Å². The van der Waals surface area contributed by atoms with E-state index in [0.717, 1.165) is 50.2 Å². The molecule has 1 heterocycles. The Morgan fingerprint density at radius 3 is 2.14 bits per heavy atom. The van der Waals surface area contributed by atoms with Crippen LogP contribution in [0.3, 0.4) is 0 Å². The number of fused-ring (bicyclic) bond motifs is 1. The molecule has 0 aliphatic carbocycles. The molecule has 0 radical (unpaired) electrons. The maximum atomic E-state index is 8.71. The van der Waals surface area contributed by atoms with Gasteiger partial charge >= 0.3 is 0 Å². The zero-order valence-corrected chi connectivity index (χ0v) is 18.7. The van der Waals surface area contributed by atoms with E-state index in [1.165, 1.54) is 0 Å². The highest BCUT2D eigenvalue weighted by Gasteiger charge is 2.11. The molecule has 7 heteroatoms. The fraction of sp³-hybridized carbons (Fsp3) is 0.409. The van der Waals surface area contributed by atoms with Crippen molar-refractivity contribution in [3.8, 4) is 5.75 Å². The smallest absolute Gasteiger partial charge is 0.203 e. The lowest BCUT2D eigenvalue weighted by Gasteiger charge is -2.18. The summed E-state index contributed by atoms with van der Waals surface area (Å²) in [5.74, 6) is 0.710. The van der Waals surface area contributed by atoms with Crippen molar-refractivity contribution in [2.45, 2.75) is 33.4 Å². The monoisotopic (exact) mass is 436 g/mol. The van der Waals surface area contributed by atoms with Gasteiger partial charge in [-0.05, 0) is 43.8 Å². The Bertz CT molecular complexity index is 963. The van der Waals surface area contributed by atoms with Gasteiger partial charge in [0.2, 0.25) is 5.62 Å². The highest BCUT2D eigenvalue weighted by molar-refractivity contribution is 6.32. The summed E-state index contributed by atoms with van der Waals surface area (Å²) in [6, 6.07) is 15.8. The third-order valence-corrected chi connectivity index (χ3v) is 5.44. The molecule has 0 spiro atoms. The van der Waals surface area contributed by atoms with Crippen LogP contribution in [0.25, 0.3) is 11.0 Å². The maximum Gasteiger partial charge on any atom is 0.203 e. The largest absolute Gasteiger partial charge is 0.492 e. The number of aromatic nitrogens is 2. The van der Waals surface area contributed by atoms with Gasteiger partial charge in [-0.1, -0.05) is 49.7 Å². The number of hydrogen-bond donors (Lipinski definition) is 1. The Morgan fingerprint density at radius 2 is 1.52 bits per heavy atom. The molecule has 1 aromatic heterocycles. The summed E-state index contributed by atoms with van der Waals surface area (Å²) in [5.41, 5.74) is 2.77. The summed E-state index contributed by atoms with van der Waals surface area (Å²) in [7, 11) is 0. The Kier molecular flexibility index (Phi) is 9.08. The number of aryl methyl sites for hydroxylation is 1. The molecule has 0 aliphatic rings. The van der Waals surface area contributed by atoms with Gasteiger partial charge in [-0.3, -0.25) is 5.41 Å². The molecule has 3 rings (SSSR count). The van der Waals surface area contributed by atoms with E-state index < -0.39 is 0 Å². The van der Waals surface area contributed by atoms with Crippen LogP contribution in [0.2, 0.25) is 5.02 Å². The summed E-state index contributed by atoms with van der Waals surface area (Å²) in [4.78, 5) is 2.38. The molecule has 0 amide bonds. The van der Waals surface area contributed by atoms with E-state index in [1.807, 2.05) is 36.4 Å². The van der Waals surface area contributed by atoms with Gasteiger partial charge in [0.15, 0.2) is 0 Å². The second-order valence-corrected chi connectivity index (χ2v) is 7.18. The number of rotatable bonds is 10. The Labute approximate surface area is 183 Å². The van der Waals surface area contributed by atoms with E-state index in [1.54, 1.807) is 0 Å². The first-order valence-corrected chi connectivity index (χ1v) is 10.4. The third-order valence-electron chi connectivity index (χ3n) is 5.13. The van der Waals surface area contributed by atoms with Crippen LogP contribution in [0.1, 0.15) is 20.3 Å². The van der Waals surface area contributed by atoms with E-state index in [4.69, 9.17) is 21.7 Å². The number of imidazole rings is 1. The van der Waals surface area contributed by atoms with Gasteiger partial charge < -0.3 is 18.8 Å². The van der Waals surface area contributed by atoms with Crippen LogP contribution >= 0.6 is 24.0 Å². The van der Waals surface area contributed by atoms with Gasteiger partial charge in [0, 0.05) is 19.6 Å². The van der Waals surface area contributed by atoms with Gasteiger partial charge in [-0.2, -0.15) is 0 Å². The quantitative estimate of drug-likeness (QED) is 0.463. The first-order valence-electron chi connectivity index (χ1n) is 9.98. The lowest BCUT2D eigenvalue weighted by atomic mass is 10.3. The molecule has 0 unspecified atom stereocenters.